The third-order valence-corrected chi connectivity index (χ3v) is 4.20. The number of nitrogens with one attached hydrogen (secondary N) is 2. The Morgan fingerprint density at radius 3 is 2.64 bits per heavy atom. The minimum absolute atomic E-state index is 0. The molecule has 2 heterocycles. The number of fused-ring (bicyclic) bond motifs is 1. The number of carbonyl (C=O) groups is 1. The summed E-state index contributed by atoms with van der Waals surface area (Å²) in [5, 5.41) is 5.98. The molecule has 0 bridgehead atoms. The van der Waals surface area contributed by atoms with Crippen LogP contribution in [-0.4, -0.2) is 29.1 Å². The van der Waals surface area contributed by atoms with Gasteiger partial charge in [0.1, 0.15) is 5.82 Å². The predicted octanol–water partition coefficient (Wildman–Crippen LogP) is 3.67. The Morgan fingerprint density at radius 2 is 1.96 bits per heavy atom. The largest absolute Gasteiger partial charge is 0.334 e. The van der Waals surface area contributed by atoms with E-state index in [1.54, 1.807) is 0 Å². The van der Waals surface area contributed by atoms with E-state index in [0.29, 0.717) is 6.42 Å². The molecule has 0 saturated heterocycles. The van der Waals surface area contributed by atoms with Crippen LogP contribution in [0.4, 0.5) is 5.69 Å². The van der Waals surface area contributed by atoms with Gasteiger partial charge in [-0.25, -0.2) is 4.98 Å². The van der Waals surface area contributed by atoms with Crippen molar-refractivity contribution in [2.75, 3.05) is 18.9 Å². The molecule has 5 nitrogen and oxygen atoms in total. The Morgan fingerprint density at radius 1 is 1.20 bits per heavy atom. The lowest BCUT2D eigenvalue weighted by atomic mass is 10.1. The first-order chi connectivity index (χ1) is 11.3. The highest BCUT2D eigenvalue weighted by molar-refractivity contribution is 5.90. The smallest absolute Gasteiger partial charge is 0.224 e. The summed E-state index contributed by atoms with van der Waals surface area (Å²) < 4.78 is 2.26. The molecule has 0 radical (unpaired) electrons. The summed E-state index contributed by atoms with van der Waals surface area (Å²) in [7, 11) is 1.89. The highest BCUT2D eigenvalue weighted by Gasteiger charge is 2.13. The number of hydrogen-bond acceptors (Lipinski definition) is 3. The molecule has 3 rings (SSSR count). The lowest BCUT2D eigenvalue weighted by Gasteiger charge is -2.11. The van der Waals surface area contributed by atoms with Crippen LogP contribution in [0.15, 0.2) is 30.5 Å². The molecule has 1 aromatic carbocycles. The van der Waals surface area contributed by atoms with E-state index in [9.17, 15) is 4.79 Å². The average Bonchev–Trinajstić information content (AvgIpc) is 3.00. The Balaban J connectivity index is 0.00000156. The van der Waals surface area contributed by atoms with Crippen LogP contribution in [0.3, 0.4) is 0 Å². The number of hydrogen-bond donors (Lipinski definition) is 2. The van der Waals surface area contributed by atoms with E-state index in [2.05, 4.69) is 21.4 Å². The Bertz CT molecular complexity index is 647. The molecule has 1 aliphatic heterocycles. The van der Waals surface area contributed by atoms with E-state index in [1.165, 1.54) is 18.7 Å². The van der Waals surface area contributed by atoms with Gasteiger partial charge in [0.05, 0.1) is 5.69 Å². The highest BCUT2D eigenvalue weighted by atomic mass is 35.5. The Kier molecular flexibility index (Phi) is 8.97. The van der Waals surface area contributed by atoms with Crippen LogP contribution < -0.4 is 10.6 Å². The maximum atomic E-state index is 11.8. The lowest BCUT2D eigenvalue weighted by Crippen LogP contribution is -2.15. The molecule has 25 heavy (non-hydrogen) atoms. The van der Waals surface area contributed by atoms with E-state index in [-0.39, 0.29) is 30.7 Å². The van der Waals surface area contributed by atoms with Gasteiger partial charge in [-0.05, 0) is 45.0 Å². The van der Waals surface area contributed by atoms with E-state index in [4.69, 9.17) is 4.98 Å². The fourth-order valence-corrected chi connectivity index (χ4v) is 2.93. The number of carbonyl (C=O) groups excluding carboxylic acids is 1. The van der Waals surface area contributed by atoms with E-state index >= 15 is 0 Å². The highest BCUT2D eigenvalue weighted by Crippen LogP contribution is 2.24. The molecule has 1 aromatic heterocycles. The number of rotatable bonds is 6. The molecule has 7 heteroatoms. The third kappa shape index (κ3) is 5.73. The third-order valence-electron chi connectivity index (χ3n) is 4.20. The molecule has 2 N–H and O–H groups in total. The molecular weight excluding hydrogens is 359 g/mol. The number of imidazole rings is 1. The van der Waals surface area contributed by atoms with Gasteiger partial charge in [-0.3, -0.25) is 4.79 Å². The molecule has 1 aliphatic rings. The topological polar surface area (TPSA) is 59.0 Å². The van der Waals surface area contributed by atoms with Gasteiger partial charge in [0.2, 0.25) is 5.91 Å². The van der Waals surface area contributed by atoms with Crippen molar-refractivity contribution in [3.05, 3.63) is 36.3 Å². The van der Waals surface area contributed by atoms with Crippen molar-refractivity contribution in [1.29, 1.82) is 0 Å². The van der Waals surface area contributed by atoms with Gasteiger partial charge in [0.25, 0.3) is 0 Å². The van der Waals surface area contributed by atoms with Gasteiger partial charge in [-0.1, -0.05) is 12.1 Å². The first-order valence-corrected chi connectivity index (χ1v) is 8.37. The first kappa shape index (κ1) is 21.5. The summed E-state index contributed by atoms with van der Waals surface area (Å²) in [6, 6.07) is 7.95. The summed E-state index contributed by atoms with van der Waals surface area (Å²) >= 11 is 0. The van der Waals surface area contributed by atoms with Crippen LogP contribution in [-0.2, 0) is 17.8 Å². The van der Waals surface area contributed by atoms with Crippen LogP contribution in [0.2, 0.25) is 0 Å². The number of nitrogens with zero attached hydrogens (tertiary/aromatic N) is 2. The zero-order valence-electron chi connectivity index (χ0n) is 14.5. The summed E-state index contributed by atoms with van der Waals surface area (Å²) in [5.74, 6) is 1.25. The number of aryl methyl sites for hydroxylation is 2. The van der Waals surface area contributed by atoms with E-state index < -0.39 is 0 Å². The second-order valence-corrected chi connectivity index (χ2v) is 6.03. The molecular formula is C18H26Cl2N4O. The summed E-state index contributed by atoms with van der Waals surface area (Å²) in [5.41, 5.74) is 2.96. The second kappa shape index (κ2) is 10.4. The monoisotopic (exact) mass is 384 g/mol. The molecule has 0 spiro atoms. The number of amides is 1. The average molecular weight is 385 g/mol. The van der Waals surface area contributed by atoms with Crippen molar-refractivity contribution in [2.45, 2.75) is 38.6 Å². The van der Waals surface area contributed by atoms with Crippen molar-refractivity contribution < 1.29 is 4.79 Å². The van der Waals surface area contributed by atoms with Crippen molar-refractivity contribution in [3.63, 3.8) is 0 Å². The maximum Gasteiger partial charge on any atom is 0.224 e. The van der Waals surface area contributed by atoms with Gasteiger partial charge in [-0.15, -0.1) is 24.8 Å². The molecule has 0 aliphatic carbocycles. The second-order valence-electron chi connectivity index (χ2n) is 6.03. The standard InChI is InChI=1S/C18H24N4O.2ClH/c1-19-11-4-6-18(23)20-15-9-7-14(8-10-15)16-13-22-12-3-2-5-17(22)21-16;;/h7-10,13,19H,2-6,11-12H2,1H3,(H,20,23);2*1H. The van der Waals surface area contributed by atoms with Crippen molar-refractivity contribution in [3.8, 4) is 11.3 Å². The van der Waals surface area contributed by atoms with Gasteiger partial charge < -0.3 is 15.2 Å². The Labute approximate surface area is 161 Å². The van der Waals surface area contributed by atoms with Crippen LogP contribution in [0, 0.1) is 0 Å². The summed E-state index contributed by atoms with van der Waals surface area (Å²) in [6.07, 6.45) is 7.06. The van der Waals surface area contributed by atoms with Crippen molar-refractivity contribution in [2.24, 2.45) is 0 Å². The molecule has 0 saturated carbocycles. The van der Waals surface area contributed by atoms with Gasteiger partial charge in [0, 0.05) is 36.8 Å². The number of halogens is 2. The van der Waals surface area contributed by atoms with Crippen LogP contribution in [0.25, 0.3) is 11.3 Å². The van der Waals surface area contributed by atoms with Crippen molar-refractivity contribution >= 4 is 36.4 Å². The van der Waals surface area contributed by atoms with Crippen LogP contribution >= 0.6 is 24.8 Å². The van der Waals surface area contributed by atoms with E-state index in [1.807, 2.05) is 31.3 Å². The zero-order chi connectivity index (χ0) is 16.1. The SMILES string of the molecule is CNCCCC(=O)Nc1ccc(-c2cn3c(n2)CCCC3)cc1.Cl.Cl. The van der Waals surface area contributed by atoms with Crippen LogP contribution in [0.1, 0.15) is 31.5 Å². The molecule has 0 unspecified atom stereocenters. The van der Waals surface area contributed by atoms with Gasteiger partial charge >= 0.3 is 0 Å². The molecule has 2 aromatic rings. The minimum atomic E-state index is 0. The first-order valence-electron chi connectivity index (χ1n) is 8.37. The number of anilines is 1. The summed E-state index contributed by atoms with van der Waals surface area (Å²) in [4.78, 5) is 16.6. The minimum Gasteiger partial charge on any atom is -0.334 e. The predicted molar refractivity (Wildman–Crippen MR) is 107 cm³/mol. The van der Waals surface area contributed by atoms with Crippen LogP contribution in [0.5, 0.6) is 0 Å². The van der Waals surface area contributed by atoms with Gasteiger partial charge in [-0.2, -0.15) is 0 Å². The molecule has 0 fully saturated rings. The number of aromatic nitrogens is 2. The maximum absolute atomic E-state index is 11.8. The lowest BCUT2D eigenvalue weighted by molar-refractivity contribution is -0.116. The molecule has 0 atom stereocenters. The summed E-state index contributed by atoms with van der Waals surface area (Å²) in [6.45, 7) is 1.93. The zero-order valence-corrected chi connectivity index (χ0v) is 16.1. The number of benzene rings is 1. The molecule has 1 amide bonds. The molecule has 138 valence electrons. The van der Waals surface area contributed by atoms with Gasteiger partial charge in [0.15, 0.2) is 0 Å². The fraction of sp³-hybridized carbons (Fsp3) is 0.444. The quantitative estimate of drug-likeness (QED) is 0.746. The Hall–Kier alpha value is -1.56. The normalized spacial score (nSPS) is 12.5. The van der Waals surface area contributed by atoms with Crippen molar-refractivity contribution in [1.82, 2.24) is 14.9 Å². The van der Waals surface area contributed by atoms with E-state index in [0.717, 1.165) is 42.9 Å². The fourth-order valence-electron chi connectivity index (χ4n) is 2.93.